The first-order chi connectivity index (χ1) is 19.3. The van der Waals surface area contributed by atoms with E-state index in [1.165, 1.54) is 140 Å². The van der Waals surface area contributed by atoms with E-state index in [2.05, 4.69) is 26.0 Å². The van der Waals surface area contributed by atoms with E-state index >= 15 is 0 Å². The van der Waals surface area contributed by atoms with E-state index in [0.717, 1.165) is 51.1 Å². The molecular weight excluding hydrogens is 480 g/mol. The van der Waals surface area contributed by atoms with Crippen LogP contribution in [0.5, 0.6) is 0 Å². The molecule has 0 bridgehead atoms. The van der Waals surface area contributed by atoms with Crippen molar-refractivity contribution in [3.05, 3.63) is 23.7 Å². The molecule has 0 aromatic rings. The molecule has 0 aliphatic carbocycles. The van der Waals surface area contributed by atoms with Gasteiger partial charge in [-0.1, -0.05) is 117 Å². The van der Waals surface area contributed by atoms with E-state index in [9.17, 15) is 9.59 Å². The average Bonchev–Trinajstić information content (AvgIpc) is 2.94. The molecular formula is C36H66O3. The van der Waals surface area contributed by atoms with Gasteiger partial charge in [-0.15, -0.1) is 0 Å². The Morgan fingerprint density at radius 1 is 0.410 bits per heavy atom. The normalized spacial score (nSPS) is 12.2. The van der Waals surface area contributed by atoms with Gasteiger partial charge in [0.1, 0.15) is 12.6 Å². The SMILES string of the molecule is CCCCCCCC/C(=C\CCCCCCCC=O)O/C(=C/CCCCCCCC=O)CCCCCCCC. The second kappa shape index (κ2) is 32.8. The molecule has 228 valence electrons. The van der Waals surface area contributed by atoms with Crippen LogP contribution in [0.3, 0.4) is 0 Å². The van der Waals surface area contributed by atoms with Gasteiger partial charge in [-0.3, -0.25) is 0 Å². The highest BCUT2D eigenvalue weighted by molar-refractivity contribution is 5.49. The number of aldehydes is 2. The molecule has 0 atom stereocenters. The molecule has 0 saturated carbocycles. The third-order valence-corrected chi connectivity index (χ3v) is 7.61. The second-order valence-electron chi connectivity index (χ2n) is 11.5. The first kappa shape index (κ1) is 37.6. The lowest BCUT2D eigenvalue weighted by Gasteiger charge is -2.15. The fourth-order valence-corrected chi connectivity index (χ4v) is 5.05. The van der Waals surface area contributed by atoms with E-state index in [1.807, 2.05) is 0 Å². The molecule has 39 heavy (non-hydrogen) atoms. The van der Waals surface area contributed by atoms with Crippen LogP contribution in [0.15, 0.2) is 23.7 Å². The van der Waals surface area contributed by atoms with Gasteiger partial charge in [0.15, 0.2) is 0 Å². The molecule has 0 radical (unpaired) electrons. The van der Waals surface area contributed by atoms with Crippen LogP contribution >= 0.6 is 0 Å². The standard InChI is InChI=1S/C36H66O3/c1-3-5-7-9-17-23-29-35(31-25-19-13-11-15-21-27-33-37)39-36(30-24-18-10-8-6-4-2)32-26-20-14-12-16-22-28-34-38/h31-34H,3-30H2,1-2H3/b35-31+,36-32+. The van der Waals surface area contributed by atoms with Gasteiger partial charge in [0.05, 0.1) is 11.5 Å². The summed E-state index contributed by atoms with van der Waals surface area (Å²) in [5.74, 6) is 2.41. The van der Waals surface area contributed by atoms with E-state index in [4.69, 9.17) is 4.74 Å². The quantitative estimate of drug-likeness (QED) is 0.0478. The Hall–Kier alpha value is -1.38. The van der Waals surface area contributed by atoms with Gasteiger partial charge in [-0.2, -0.15) is 0 Å². The van der Waals surface area contributed by atoms with Crippen LogP contribution in [-0.4, -0.2) is 12.6 Å². The molecule has 0 heterocycles. The van der Waals surface area contributed by atoms with Crippen LogP contribution < -0.4 is 0 Å². The Balaban J connectivity index is 4.86. The average molecular weight is 547 g/mol. The molecule has 0 aliphatic heterocycles. The number of rotatable bonds is 32. The third kappa shape index (κ3) is 29.4. The Bertz CT molecular complexity index is 528. The summed E-state index contributed by atoms with van der Waals surface area (Å²) in [6.07, 6.45) is 40.2. The summed E-state index contributed by atoms with van der Waals surface area (Å²) in [6.45, 7) is 4.56. The minimum atomic E-state index is 0.712. The molecule has 0 fully saturated rings. The number of allylic oxidation sites excluding steroid dienone is 4. The largest absolute Gasteiger partial charge is 0.467 e. The maximum atomic E-state index is 10.5. The molecule has 0 rings (SSSR count). The lowest BCUT2D eigenvalue weighted by molar-refractivity contribution is -0.108. The summed E-state index contributed by atoms with van der Waals surface area (Å²) in [6, 6.07) is 0. The van der Waals surface area contributed by atoms with Crippen LogP contribution in [0.2, 0.25) is 0 Å². The number of unbranched alkanes of at least 4 members (excludes halogenated alkanes) is 22. The molecule has 3 nitrogen and oxygen atoms in total. The topological polar surface area (TPSA) is 43.4 Å². The number of ether oxygens (including phenoxy) is 1. The van der Waals surface area contributed by atoms with E-state index < -0.39 is 0 Å². The Kier molecular flexibility index (Phi) is 31.7. The van der Waals surface area contributed by atoms with Crippen molar-refractivity contribution in [2.75, 3.05) is 0 Å². The summed E-state index contributed by atoms with van der Waals surface area (Å²) < 4.78 is 6.67. The predicted octanol–water partition coefficient (Wildman–Crippen LogP) is 12.1. The van der Waals surface area contributed by atoms with Crippen molar-refractivity contribution in [3.8, 4) is 0 Å². The molecule has 0 aromatic carbocycles. The summed E-state index contributed by atoms with van der Waals surface area (Å²) in [7, 11) is 0. The Morgan fingerprint density at radius 2 is 0.718 bits per heavy atom. The molecule has 0 unspecified atom stereocenters. The molecule has 0 aromatic heterocycles. The zero-order valence-corrected chi connectivity index (χ0v) is 26.3. The van der Waals surface area contributed by atoms with Gasteiger partial charge in [-0.25, -0.2) is 0 Å². The van der Waals surface area contributed by atoms with Gasteiger partial charge in [0.2, 0.25) is 0 Å². The van der Waals surface area contributed by atoms with Crippen molar-refractivity contribution >= 4 is 12.6 Å². The van der Waals surface area contributed by atoms with Crippen molar-refractivity contribution in [2.45, 2.75) is 194 Å². The van der Waals surface area contributed by atoms with Crippen molar-refractivity contribution in [1.82, 2.24) is 0 Å². The molecule has 0 spiro atoms. The monoisotopic (exact) mass is 547 g/mol. The van der Waals surface area contributed by atoms with Crippen LogP contribution in [0, 0.1) is 0 Å². The summed E-state index contributed by atoms with van der Waals surface area (Å²) in [5.41, 5.74) is 0. The van der Waals surface area contributed by atoms with Crippen LogP contribution in [0.4, 0.5) is 0 Å². The van der Waals surface area contributed by atoms with E-state index in [1.54, 1.807) is 0 Å². The number of hydrogen-bond acceptors (Lipinski definition) is 3. The van der Waals surface area contributed by atoms with Crippen LogP contribution in [-0.2, 0) is 14.3 Å². The number of carbonyl (C=O) groups excluding carboxylic acids is 2. The first-order valence-corrected chi connectivity index (χ1v) is 17.2. The third-order valence-electron chi connectivity index (χ3n) is 7.61. The Morgan fingerprint density at radius 3 is 1.08 bits per heavy atom. The zero-order valence-electron chi connectivity index (χ0n) is 26.3. The fraction of sp³-hybridized carbons (Fsp3) is 0.833. The molecule has 3 heteroatoms. The van der Waals surface area contributed by atoms with Gasteiger partial charge in [-0.05, 0) is 63.5 Å². The lowest BCUT2D eigenvalue weighted by atomic mass is 10.1. The fourth-order valence-electron chi connectivity index (χ4n) is 5.05. The summed E-state index contributed by atoms with van der Waals surface area (Å²) in [4.78, 5) is 21.0. The maximum absolute atomic E-state index is 10.5. The number of hydrogen-bond donors (Lipinski definition) is 0. The molecule has 0 aliphatic rings. The van der Waals surface area contributed by atoms with Gasteiger partial charge >= 0.3 is 0 Å². The van der Waals surface area contributed by atoms with Gasteiger partial charge < -0.3 is 14.3 Å². The predicted molar refractivity (Wildman–Crippen MR) is 170 cm³/mol. The van der Waals surface area contributed by atoms with Crippen molar-refractivity contribution in [1.29, 1.82) is 0 Å². The van der Waals surface area contributed by atoms with E-state index in [-0.39, 0.29) is 0 Å². The van der Waals surface area contributed by atoms with Crippen molar-refractivity contribution in [2.24, 2.45) is 0 Å². The summed E-state index contributed by atoms with van der Waals surface area (Å²) >= 11 is 0. The summed E-state index contributed by atoms with van der Waals surface area (Å²) in [5, 5.41) is 0. The number of carbonyl (C=O) groups is 2. The highest BCUT2D eigenvalue weighted by Crippen LogP contribution is 2.23. The van der Waals surface area contributed by atoms with E-state index in [0.29, 0.717) is 12.8 Å². The smallest absolute Gasteiger partial charge is 0.119 e. The minimum Gasteiger partial charge on any atom is -0.467 e. The first-order valence-electron chi connectivity index (χ1n) is 17.2. The van der Waals surface area contributed by atoms with Gasteiger partial charge in [0, 0.05) is 25.7 Å². The highest BCUT2D eigenvalue weighted by atomic mass is 16.5. The highest BCUT2D eigenvalue weighted by Gasteiger charge is 2.06. The molecule has 0 N–H and O–H groups in total. The van der Waals surface area contributed by atoms with Crippen molar-refractivity contribution in [3.63, 3.8) is 0 Å². The minimum absolute atomic E-state index is 0.712. The zero-order chi connectivity index (χ0) is 28.5. The molecule has 0 saturated heterocycles. The van der Waals surface area contributed by atoms with Gasteiger partial charge in [0.25, 0.3) is 0 Å². The van der Waals surface area contributed by atoms with Crippen molar-refractivity contribution < 1.29 is 14.3 Å². The molecule has 0 amide bonds. The Labute approximate surface area is 244 Å². The second-order valence-corrected chi connectivity index (χ2v) is 11.5. The maximum Gasteiger partial charge on any atom is 0.119 e. The van der Waals surface area contributed by atoms with Crippen LogP contribution in [0.25, 0.3) is 0 Å². The lowest BCUT2D eigenvalue weighted by Crippen LogP contribution is -1.97. The van der Waals surface area contributed by atoms with Crippen LogP contribution in [0.1, 0.15) is 194 Å².